The first-order valence-electron chi connectivity index (χ1n) is 8.32. The molecular formula is C18H14N6O2. The first-order valence-corrected chi connectivity index (χ1v) is 8.32. The summed E-state index contributed by atoms with van der Waals surface area (Å²) in [4.78, 5) is 21.3. The molecular weight excluding hydrogens is 332 g/mol. The zero-order valence-electron chi connectivity index (χ0n) is 13.7. The number of anilines is 1. The Hall–Kier alpha value is -3.55. The molecule has 0 spiro atoms. The molecule has 1 amide bonds. The Morgan fingerprint density at radius 1 is 1.19 bits per heavy atom. The van der Waals surface area contributed by atoms with Gasteiger partial charge < -0.3 is 9.84 Å². The highest BCUT2D eigenvalue weighted by Gasteiger charge is 2.29. The van der Waals surface area contributed by atoms with Gasteiger partial charge in [-0.1, -0.05) is 17.3 Å². The molecule has 1 aromatic carbocycles. The van der Waals surface area contributed by atoms with Crippen LogP contribution in [0.5, 0.6) is 0 Å². The second kappa shape index (κ2) is 5.76. The minimum atomic E-state index is -0.249. The monoisotopic (exact) mass is 346 g/mol. The topological polar surface area (TPSA) is 98.2 Å². The molecule has 4 aromatic rings. The lowest BCUT2D eigenvalue weighted by molar-refractivity contribution is 0.102. The fourth-order valence-electron chi connectivity index (χ4n) is 2.77. The standard InChI is InChI=1S/C18H14N6O2/c25-17(21-15-6-8-19-14-7-9-20-24(14)15)13-3-1-2-12(10-13)16-22-18(26-23-16)11-4-5-11/h1-3,6-11H,4-5H2,(H,21,25). The highest BCUT2D eigenvalue weighted by molar-refractivity contribution is 6.04. The van der Waals surface area contributed by atoms with Crippen LogP contribution in [0.15, 0.2) is 53.3 Å². The predicted octanol–water partition coefficient (Wildman–Crippen LogP) is 2.91. The van der Waals surface area contributed by atoms with E-state index in [1.807, 2.05) is 6.07 Å². The van der Waals surface area contributed by atoms with E-state index in [1.165, 1.54) is 0 Å². The molecule has 3 aromatic heterocycles. The van der Waals surface area contributed by atoms with Crippen molar-refractivity contribution < 1.29 is 9.32 Å². The lowest BCUT2D eigenvalue weighted by atomic mass is 10.1. The quantitative estimate of drug-likeness (QED) is 0.610. The number of nitrogens with zero attached hydrogens (tertiary/aromatic N) is 5. The molecule has 26 heavy (non-hydrogen) atoms. The van der Waals surface area contributed by atoms with Gasteiger partial charge in [-0.25, -0.2) is 4.98 Å². The van der Waals surface area contributed by atoms with Crippen LogP contribution >= 0.6 is 0 Å². The zero-order valence-corrected chi connectivity index (χ0v) is 13.7. The average molecular weight is 346 g/mol. The van der Waals surface area contributed by atoms with Gasteiger partial charge in [-0.05, 0) is 31.0 Å². The largest absolute Gasteiger partial charge is 0.339 e. The third kappa shape index (κ3) is 2.61. The van der Waals surface area contributed by atoms with Crippen molar-refractivity contribution in [2.45, 2.75) is 18.8 Å². The highest BCUT2D eigenvalue weighted by atomic mass is 16.5. The van der Waals surface area contributed by atoms with Crippen molar-refractivity contribution in [2.75, 3.05) is 5.32 Å². The van der Waals surface area contributed by atoms with Crippen LogP contribution in [0, 0.1) is 0 Å². The Kier molecular flexibility index (Phi) is 3.27. The van der Waals surface area contributed by atoms with Gasteiger partial charge in [0.2, 0.25) is 11.7 Å². The van der Waals surface area contributed by atoms with Crippen LogP contribution in [0.3, 0.4) is 0 Å². The van der Waals surface area contributed by atoms with Crippen LogP contribution in [-0.2, 0) is 0 Å². The molecule has 1 N–H and O–H groups in total. The van der Waals surface area contributed by atoms with E-state index in [4.69, 9.17) is 4.52 Å². The molecule has 0 atom stereocenters. The van der Waals surface area contributed by atoms with Crippen LogP contribution in [0.4, 0.5) is 5.82 Å². The molecule has 1 saturated carbocycles. The van der Waals surface area contributed by atoms with Crippen molar-refractivity contribution in [3.8, 4) is 11.4 Å². The van der Waals surface area contributed by atoms with Gasteiger partial charge in [-0.15, -0.1) is 0 Å². The van der Waals surface area contributed by atoms with Crippen molar-refractivity contribution in [1.82, 2.24) is 24.7 Å². The molecule has 5 rings (SSSR count). The molecule has 1 aliphatic carbocycles. The second-order valence-electron chi connectivity index (χ2n) is 6.20. The molecule has 0 unspecified atom stereocenters. The van der Waals surface area contributed by atoms with Crippen LogP contribution in [0.25, 0.3) is 17.0 Å². The number of aromatic nitrogens is 5. The summed E-state index contributed by atoms with van der Waals surface area (Å²) in [7, 11) is 0. The Balaban J connectivity index is 1.42. The van der Waals surface area contributed by atoms with Crippen molar-refractivity contribution in [3.05, 3.63) is 60.2 Å². The summed E-state index contributed by atoms with van der Waals surface area (Å²) in [5.74, 6) is 1.87. The number of carbonyl (C=O) groups is 1. The zero-order chi connectivity index (χ0) is 17.5. The minimum Gasteiger partial charge on any atom is -0.339 e. The summed E-state index contributed by atoms with van der Waals surface area (Å²) < 4.78 is 6.87. The number of carbonyl (C=O) groups excluding carboxylic acids is 1. The van der Waals surface area contributed by atoms with Gasteiger partial charge in [0.25, 0.3) is 5.91 Å². The number of hydrogen-bond acceptors (Lipinski definition) is 6. The van der Waals surface area contributed by atoms with Crippen molar-refractivity contribution in [2.24, 2.45) is 0 Å². The lowest BCUT2D eigenvalue weighted by Gasteiger charge is -2.07. The lowest BCUT2D eigenvalue weighted by Crippen LogP contribution is -2.15. The van der Waals surface area contributed by atoms with Gasteiger partial charge in [-0.2, -0.15) is 14.6 Å². The molecule has 8 nitrogen and oxygen atoms in total. The minimum absolute atomic E-state index is 0.249. The second-order valence-corrected chi connectivity index (χ2v) is 6.20. The third-order valence-corrected chi connectivity index (χ3v) is 4.28. The van der Waals surface area contributed by atoms with E-state index in [0.29, 0.717) is 34.7 Å². The Morgan fingerprint density at radius 2 is 2.12 bits per heavy atom. The Morgan fingerprint density at radius 3 is 3.00 bits per heavy atom. The molecule has 0 saturated heterocycles. The molecule has 1 fully saturated rings. The van der Waals surface area contributed by atoms with E-state index in [1.54, 1.807) is 47.2 Å². The fourth-order valence-corrected chi connectivity index (χ4v) is 2.77. The predicted molar refractivity (Wildman–Crippen MR) is 92.6 cm³/mol. The van der Waals surface area contributed by atoms with E-state index in [2.05, 4.69) is 25.5 Å². The first kappa shape index (κ1) is 14.8. The molecule has 3 heterocycles. The van der Waals surface area contributed by atoms with Gasteiger partial charge in [0.15, 0.2) is 5.65 Å². The summed E-state index contributed by atoms with van der Waals surface area (Å²) in [5.41, 5.74) is 1.90. The summed E-state index contributed by atoms with van der Waals surface area (Å²) in [6.45, 7) is 0. The number of benzene rings is 1. The first-order chi connectivity index (χ1) is 12.8. The maximum Gasteiger partial charge on any atom is 0.256 e. The van der Waals surface area contributed by atoms with Crippen molar-refractivity contribution >= 4 is 17.4 Å². The fraction of sp³-hybridized carbons (Fsp3) is 0.167. The van der Waals surface area contributed by atoms with Crippen LogP contribution < -0.4 is 5.32 Å². The van der Waals surface area contributed by atoms with E-state index in [9.17, 15) is 4.79 Å². The van der Waals surface area contributed by atoms with Gasteiger partial charge in [-0.3, -0.25) is 4.79 Å². The van der Waals surface area contributed by atoms with E-state index >= 15 is 0 Å². The SMILES string of the molecule is O=C(Nc1ccnc2ccnn12)c1cccc(-c2noc(C3CC3)n2)c1. The normalized spacial score (nSPS) is 13.8. The van der Waals surface area contributed by atoms with Crippen LogP contribution in [0.2, 0.25) is 0 Å². The van der Waals surface area contributed by atoms with Gasteiger partial charge in [0.05, 0.1) is 6.20 Å². The summed E-state index contributed by atoms with van der Waals surface area (Å²) >= 11 is 0. The number of hydrogen-bond donors (Lipinski definition) is 1. The van der Waals surface area contributed by atoms with Gasteiger partial charge in [0, 0.05) is 29.3 Å². The molecule has 8 heteroatoms. The number of nitrogens with one attached hydrogen (secondary N) is 1. The number of rotatable bonds is 4. The van der Waals surface area contributed by atoms with Gasteiger partial charge in [0.1, 0.15) is 5.82 Å². The van der Waals surface area contributed by atoms with E-state index in [-0.39, 0.29) is 5.91 Å². The summed E-state index contributed by atoms with van der Waals surface area (Å²) in [5, 5.41) is 11.0. The maximum atomic E-state index is 12.6. The molecule has 0 aliphatic heterocycles. The molecule has 128 valence electrons. The highest BCUT2D eigenvalue weighted by Crippen LogP contribution is 2.39. The Bertz CT molecular complexity index is 1110. The molecule has 0 radical (unpaired) electrons. The van der Waals surface area contributed by atoms with Crippen molar-refractivity contribution in [1.29, 1.82) is 0 Å². The molecule has 0 bridgehead atoms. The van der Waals surface area contributed by atoms with E-state index in [0.717, 1.165) is 18.4 Å². The van der Waals surface area contributed by atoms with Crippen molar-refractivity contribution in [3.63, 3.8) is 0 Å². The Labute approximate surface area is 147 Å². The van der Waals surface area contributed by atoms with E-state index < -0.39 is 0 Å². The summed E-state index contributed by atoms with van der Waals surface area (Å²) in [6, 6.07) is 10.6. The number of fused-ring (bicyclic) bond motifs is 1. The molecule has 1 aliphatic rings. The van der Waals surface area contributed by atoms with Gasteiger partial charge >= 0.3 is 0 Å². The van der Waals surface area contributed by atoms with Crippen LogP contribution in [-0.4, -0.2) is 30.6 Å². The average Bonchev–Trinajstić information content (AvgIpc) is 3.20. The number of amides is 1. The maximum absolute atomic E-state index is 12.6. The summed E-state index contributed by atoms with van der Waals surface area (Å²) in [6.07, 6.45) is 5.45. The van der Waals surface area contributed by atoms with Crippen LogP contribution in [0.1, 0.15) is 35.0 Å². The third-order valence-electron chi connectivity index (χ3n) is 4.28. The smallest absolute Gasteiger partial charge is 0.256 e.